The van der Waals surface area contributed by atoms with Crippen LogP contribution in [0.2, 0.25) is 0 Å². The molecule has 9 nitrogen and oxygen atoms in total. The predicted molar refractivity (Wildman–Crippen MR) is 79.1 cm³/mol. The predicted octanol–water partition coefficient (Wildman–Crippen LogP) is -0.521. The number of hydrogen-bond donors (Lipinski definition) is 3. The number of carboxylic acids is 1. The van der Waals surface area contributed by atoms with E-state index in [1.54, 1.807) is 30.3 Å². The van der Waals surface area contributed by atoms with Gasteiger partial charge < -0.3 is 10.8 Å². The van der Waals surface area contributed by atoms with Crippen LogP contribution < -0.4 is 10.5 Å². The third-order valence-electron chi connectivity index (χ3n) is 2.89. The lowest BCUT2D eigenvalue weighted by Gasteiger charge is -2.11. The summed E-state index contributed by atoms with van der Waals surface area (Å²) in [6.07, 6.45) is 1.67. The van der Waals surface area contributed by atoms with Crippen LogP contribution in [0.4, 0.5) is 0 Å². The molecule has 0 aliphatic carbocycles. The molecule has 0 aliphatic heterocycles. The van der Waals surface area contributed by atoms with Crippen molar-refractivity contribution in [2.24, 2.45) is 5.73 Å². The van der Waals surface area contributed by atoms with E-state index in [0.717, 1.165) is 6.20 Å². The molecule has 0 aliphatic rings. The summed E-state index contributed by atoms with van der Waals surface area (Å²) in [5.74, 6) is -2.43. The third-order valence-corrected chi connectivity index (χ3v) is 4.32. The normalized spacial score (nSPS) is 12.7. The SMILES string of the molecule is NC(=O)C[C@@H](NS(=O)(=O)c1cnn(-c2ccccc2)c1)C(=O)O. The second-order valence-corrected chi connectivity index (χ2v) is 6.35. The molecule has 122 valence electrons. The van der Waals surface area contributed by atoms with Crippen LogP contribution in [-0.2, 0) is 19.6 Å². The van der Waals surface area contributed by atoms with Crippen LogP contribution in [-0.4, -0.2) is 41.2 Å². The number of carboxylic acid groups (broad SMARTS) is 1. The Morgan fingerprint density at radius 3 is 2.52 bits per heavy atom. The molecular weight excluding hydrogens is 324 g/mol. The van der Waals surface area contributed by atoms with Gasteiger partial charge in [0.05, 0.1) is 24.5 Å². The van der Waals surface area contributed by atoms with Gasteiger partial charge in [-0.1, -0.05) is 18.2 Å². The number of nitrogens with one attached hydrogen (secondary N) is 1. The van der Waals surface area contributed by atoms with E-state index < -0.39 is 34.4 Å². The van der Waals surface area contributed by atoms with Crippen LogP contribution in [0, 0.1) is 0 Å². The summed E-state index contributed by atoms with van der Waals surface area (Å²) in [7, 11) is -4.16. The number of sulfonamides is 1. The van der Waals surface area contributed by atoms with Gasteiger partial charge in [0, 0.05) is 0 Å². The van der Waals surface area contributed by atoms with E-state index >= 15 is 0 Å². The topological polar surface area (TPSA) is 144 Å². The van der Waals surface area contributed by atoms with Crippen molar-refractivity contribution in [1.29, 1.82) is 0 Å². The van der Waals surface area contributed by atoms with Gasteiger partial charge in [-0.25, -0.2) is 13.1 Å². The molecule has 0 saturated heterocycles. The third kappa shape index (κ3) is 4.14. The molecule has 1 amide bonds. The maximum absolute atomic E-state index is 12.2. The molecule has 0 spiro atoms. The highest BCUT2D eigenvalue weighted by molar-refractivity contribution is 7.89. The summed E-state index contributed by atoms with van der Waals surface area (Å²) < 4.78 is 27.6. The highest BCUT2D eigenvalue weighted by Gasteiger charge is 2.27. The summed E-state index contributed by atoms with van der Waals surface area (Å²) in [5.41, 5.74) is 5.55. The van der Waals surface area contributed by atoms with Gasteiger partial charge in [-0.2, -0.15) is 9.82 Å². The van der Waals surface area contributed by atoms with Crippen LogP contribution in [0.25, 0.3) is 5.69 Å². The second-order valence-electron chi connectivity index (χ2n) is 4.64. The zero-order valence-corrected chi connectivity index (χ0v) is 12.6. The van der Waals surface area contributed by atoms with Crippen LogP contribution in [0.1, 0.15) is 6.42 Å². The molecule has 1 heterocycles. The summed E-state index contributed by atoms with van der Waals surface area (Å²) in [6.45, 7) is 0. The van der Waals surface area contributed by atoms with Crippen molar-refractivity contribution in [3.63, 3.8) is 0 Å². The Morgan fingerprint density at radius 1 is 1.30 bits per heavy atom. The molecular formula is C13H14N4O5S. The number of amides is 1. The fraction of sp³-hybridized carbons (Fsp3) is 0.154. The van der Waals surface area contributed by atoms with Gasteiger partial charge in [-0.3, -0.25) is 9.59 Å². The van der Waals surface area contributed by atoms with Gasteiger partial charge in [0.1, 0.15) is 10.9 Å². The number of aromatic nitrogens is 2. The Morgan fingerprint density at radius 2 is 1.96 bits per heavy atom. The summed E-state index contributed by atoms with van der Waals surface area (Å²) in [6, 6.07) is 7.13. The number of carbonyl (C=O) groups is 2. The molecule has 0 fully saturated rings. The lowest BCUT2D eigenvalue weighted by Crippen LogP contribution is -2.43. The van der Waals surface area contributed by atoms with E-state index in [9.17, 15) is 18.0 Å². The number of nitrogens with zero attached hydrogens (tertiary/aromatic N) is 2. The molecule has 1 atom stereocenters. The maximum Gasteiger partial charge on any atom is 0.322 e. The van der Waals surface area contributed by atoms with E-state index in [-0.39, 0.29) is 4.90 Å². The molecule has 2 rings (SSSR count). The maximum atomic E-state index is 12.2. The molecule has 0 radical (unpaired) electrons. The van der Waals surface area contributed by atoms with Crippen molar-refractivity contribution in [1.82, 2.24) is 14.5 Å². The molecule has 0 bridgehead atoms. The van der Waals surface area contributed by atoms with Gasteiger partial charge in [0.2, 0.25) is 15.9 Å². The van der Waals surface area contributed by atoms with Crippen molar-refractivity contribution in [3.8, 4) is 5.69 Å². The highest BCUT2D eigenvalue weighted by atomic mass is 32.2. The first-order valence-corrected chi connectivity index (χ1v) is 7.91. The monoisotopic (exact) mass is 338 g/mol. The van der Waals surface area contributed by atoms with Crippen molar-refractivity contribution in [2.45, 2.75) is 17.4 Å². The van der Waals surface area contributed by atoms with E-state index in [2.05, 4.69) is 5.10 Å². The van der Waals surface area contributed by atoms with Gasteiger partial charge in [0.25, 0.3) is 0 Å². The molecule has 23 heavy (non-hydrogen) atoms. The number of aliphatic carboxylic acids is 1. The number of nitrogens with two attached hydrogens (primary N) is 1. The Bertz CT molecular complexity index is 816. The average Bonchev–Trinajstić information content (AvgIpc) is 2.97. The largest absolute Gasteiger partial charge is 0.480 e. The Labute approximate surface area is 131 Å². The van der Waals surface area contributed by atoms with Crippen molar-refractivity contribution in [2.75, 3.05) is 0 Å². The van der Waals surface area contributed by atoms with E-state index in [1.165, 1.54) is 10.9 Å². The Kier molecular flexibility index (Phi) is 4.77. The van der Waals surface area contributed by atoms with Crippen LogP contribution in [0.5, 0.6) is 0 Å². The van der Waals surface area contributed by atoms with Crippen LogP contribution >= 0.6 is 0 Å². The van der Waals surface area contributed by atoms with Crippen molar-refractivity contribution >= 4 is 21.9 Å². The minimum absolute atomic E-state index is 0.225. The van der Waals surface area contributed by atoms with Crippen LogP contribution in [0.3, 0.4) is 0 Å². The molecule has 1 aromatic heterocycles. The fourth-order valence-corrected chi connectivity index (χ4v) is 2.92. The first kappa shape index (κ1) is 16.6. The molecule has 2 aromatic rings. The number of carbonyl (C=O) groups excluding carboxylic acids is 1. The van der Waals surface area contributed by atoms with Gasteiger partial charge in [-0.05, 0) is 12.1 Å². The van der Waals surface area contributed by atoms with Crippen molar-refractivity contribution in [3.05, 3.63) is 42.7 Å². The first-order valence-electron chi connectivity index (χ1n) is 6.43. The minimum atomic E-state index is -4.16. The zero-order valence-electron chi connectivity index (χ0n) is 11.8. The number of benzene rings is 1. The van der Waals surface area contributed by atoms with Crippen molar-refractivity contribution < 1.29 is 23.1 Å². The standard InChI is InChI=1S/C13H14N4O5S/c14-12(18)6-11(13(19)20)16-23(21,22)10-7-15-17(8-10)9-4-2-1-3-5-9/h1-5,7-8,11,16H,6H2,(H2,14,18)(H,19,20)/t11-/m1/s1. The lowest BCUT2D eigenvalue weighted by atomic mass is 10.2. The second kappa shape index (κ2) is 6.58. The van der Waals surface area contributed by atoms with E-state index in [1.807, 2.05) is 4.72 Å². The fourth-order valence-electron chi connectivity index (χ4n) is 1.80. The average molecular weight is 338 g/mol. The number of hydrogen-bond acceptors (Lipinski definition) is 5. The molecule has 1 aromatic carbocycles. The molecule has 0 unspecified atom stereocenters. The number of rotatable bonds is 7. The zero-order chi connectivity index (χ0) is 17.0. The van der Waals surface area contributed by atoms with E-state index in [0.29, 0.717) is 5.69 Å². The minimum Gasteiger partial charge on any atom is -0.480 e. The Hall–Kier alpha value is -2.72. The van der Waals surface area contributed by atoms with Gasteiger partial charge >= 0.3 is 5.97 Å². The first-order chi connectivity index (χ1) is 10.8. The summed E-state index contributed by atoms with van der Waals surface area (Å²) in [5, 5.41) is 12.9. The number of primary amides is 1. The van der Waals surface area contributed by atoms with E-state index in [4.69, 9.17) is 10.8 Å². The highest BCUT2D eigenvalue weighted by Crippen LogP contribution is 2.13. The molecule has 0 saturated carbocycles. The molecule has 4 N–H and O–H groups in total. The van der Waals surface area contributed by atoms with Gasteiger partial charge in [-0.15, -0.1) is 0 Å². The van der Waals surface area contributed by atoms with Crippen LogP contribution in [0.15, 0.2) is 47.6 Å². The summed E-state index contributed by atoms with van der Waals surface area (Å²) >= 11 is 0. The Balaban J connectivity index is 2.24. The molecule has 10 heteroatoms. The lowest BCUT2D eigenvalue weighted by molar-refractivity contribution is -0.140. The smallest absolute Gasteiger partial charge is 0.322 e. The number of para-hydroxylation sites is 1. The summed E-state index contributed by atoms with van der Waals surface area (Å²) in [4.78, 5) is 21.6. The quantitative estimate of drug-likeness (QED) is 0.619. The van der Waals surface area contributed by atoms with Gasteiger partial charge in [0.15, 0.2) is 0 Å².